The molecule has 2 rings (SSSR count). The Bertz CT molecular complexity index is 533. The van der Waals surface area contributed by atoms with E-state index in [1.54, 1.807) is 30.2 Å². The number of esters is 1. The van der Waals surface area contributed by atoms with Crippen LogP contribution in [0.2, 0.25) is 0 Å². The molecule has 0 saturated carbocycles. The maximum absolute atomic E-state index is 12.7. The van der Waals surface area contributed by atoms with Crippen molar-refractivity contribution in [2.45, 2.75) is 26.7 Å². The molecule has 1 saturated heterocycles. The average molecular weight is 306 g/mol. The van der Waals surface area contributed by atoms with Crippen LogP contribution >= 0.6 is 0 Å². The average Bonchev–Trinajstić information content (AvgIpc) is 2.55. The van der Waals surface area contributed by atoms with Gasteiger partial charge < -0.3 is 14.4 Å². The number of carbonyl (C=O) groups excluding carboxylic acids is 2. The van der Waals surface area contributed by atoms with E-state index in [-0.39, 0.29) is 17.8 Å². The van der Waals surface area contributed by atoms with Gasteiger partial charge >= 0.3 is 5.97 Å². The van der Waals surface area contributed by atoms with E-state index in [9.17, 15) is 9.59 Å². The van der Waals surface area contributed by atoms with E-state index in [4.69, 9.17) is 9.47 Å². The molecule has 1 aliphatic rings. The lowest BCUT2D eigenvalue weighted by Crippen LogP contribution is -2.43. The number of nitrogens with zero attached hydrogens (tertiary/aromatic N) is 2. The number of aromatic nitrogens is 1. The summed E-state index contributed by atoms with van der Waals surface area (Å²) in [5.74, 6) is -0.278. The van der Waals surface area contributed by atoms with Gasteiger partial charge in [-0.1, -0.05) is 0 Å². The fourth-order valence-electron chi connectivity index (χ4n) is 2.59. The van der Waals surface area contributed by atoms with Gasteiger partial charge in [-0.25, -0.2) is 4.98 Å². The molecule has 1 aromatic heterocycles. The second-order valence-electron chi connectivity index (χ2n) is 5.13. The minimum absolute atomic E-state index is 0.148. The maximum Gasteiger partial charge on any atom is 0.310 e. The molecule has 0 N–H and O–H groups in total. The first-order valence-electron chi connectivity index (χ1n) is 7.71. The van der Waals surface area contributed by atoms with Crippen LogP contribution in [0.15, 0.2) is 18.3 Å². The number of rotatable bonds is 5. The summed E-state index contributed by atoms with van der Waals surface area (Å²) >= 11 is 0. The number of carbonyl (C=O) groups is 2. The SMILES string of the molecule is CCOC(=O)C1CCCN(C(=O)c2cccnc2OCC)C1. The number of likely N-dealkylation sites (tertiary alicyclic amines) is 1. The van der Waals surface area contributed by atoms with Crippen LogP contribution < -0.4 is 4.74 Å². The first kappa shape index (κ1) is 16.3. The molecule has 0 aromatic carbocycles. The van der Waals surface area contributed by atoms with Gasteiger partial charge in [-0.05, 0) is 38.8 Å². The Morgan fingerprint density at radius 3 is 2.91 bits per heavy atom. The molecule has 1 fully saturated rings. The van der Waals surface area contributed by atoms with Crippen LogP contribution in [0.1, 0.15) is 37.0 Å². The van der Waals surface area contributed by atoms with Crippen LogP contribution in [0.3, 0.4) is 0 Å². The molecule has 1 aliphatic heterocycles. The van der Waals surface area contributed by atoms with Crippen molar-refractivity contribution >= 4 is 11.9 Å². The third-order valence-electron chi connectivity index (χ3n) is 3.61. The summed E-state index contributed by atoms with van der Waals surface area (Å²) in [6.45, 7) is 5.46. The van der Waals surface area contributed by atoms with Gasteiger partial charge in [0.15, 0.2) is 0 Å². The Hall–Kier alpha value is -2.11. The van der Waals surface area contributed by atoms with Crippen LogP contribution in [0.5, 0.6) is 5.88 Å². The monoisotopic (exact) mass is 306 g/mol. The zero-order valence-corrected chi connectivity index (χ0v) is 13.1. The smallest absolute Gasteiger partial charge is 0.310 e. The molecule has 120 valence electrons. The van der Waals surface area contributed by atoms with Gasteiger partial charge in [0.25, 0.3) is 5.91 Å². The van der Waals surface area contributed by atoms with Crippen molar-refractivity contribution < 1.29 is 19.1 Å². The van der Waals surface area contributed by atoms with Crippen molar-refractivity contribution in [1.29, 1.82) is 0 Å². The fourth-order valence-corrected chi connectivity index (χ4v) is 2.59. The maximum atomic E-state index is 12.7. The van der Waals surface area contributed by atoms with E-state index in [1.807, 2.05) is 6.92 Å². The van der Waals surface area contributed by atoms with Gasteiger partial charge in [0.2, 0.25) is 5.88 Å². The number of ether oxygens (including phenoxy) is 2. The van der Waals surface area contributed by atoms with E-state index in [1.165, 1.54) is 0 Å². The van der Waals surface area contributed by atoms with Crippen molar-refractivity contribution in [3.8, 4) is 5.88 Å². The third-order valence-corrected chi connectivity index (χ3v) is 3.61. The van der Waals surface area contributed by atoms with Crippen LogP contribution in [0.4, 0.5) is 0 Å². The summed E-state index contributed by atoms with van der Waals surface area (Å²) in [6.07, 6.45) is 3.15. The molecule has 0 radical (unpaired) electrons. The molecule has 1 aromatic rings. The molecule has 0 spiro atoms. The predicted molar refractivity (Wildman–Crippen MR) is 80.7 cm³/mol. The van der Waals surface area contributed by atoms with E-state index in [2.05, 4.69) is 4.98 Å². The second-order valence-corrected chi connectivity index (χ2v) is 5.13. The number of amides is 1. The van der Waals surface area contributed by atoms with Crippen LogP contribution in [-0.4, -0.2) is 48.1 Å². The normalized spacial score (nSPS) is 17.9. The van der Waals surface area contributed by atoms with Gasteiger partial charge in [-0.15, -0.1) is 0 Å². The Morgan fingerprint density at radius 2 is 2.18 bits per heavy atom. The zero-order valence-electron chi connectivity index (χ0n) is 13.1. The molecular weight excluding hydrogens is 284 g/mol. The molecular formula is C16H22N2O4. The van der Waals surface area contributed by atoms with Crippen molar-refractivity contribution in [1.82, 2.24) is 9.88 Å². The summed E-state index contributed by atoms with van der Waals surface area (Å²) in [5.41, 5.74) is 0.439. The highest BCUT2D eigenvalue weighted by atomic mass is 16.5. The summed E-state index contributed by atoms with van der Waals surface area (Å²) < 4.78 is 10.5. The van der Waals surface area contributed by atoms with E-state index >= 15 is 0 Å². The molecule has 6 nitrogen and oxygen atoms in total. The van der Waals surface area contributed by atoms with Crippen molar-refractivity contribution in [3.63, 3.8) is 0 Å². The minimum atomic E-state index is -0.245. The second kappa shape index (κ2) is 7.77. The molecule has 0 bridgehead atoms. The molecule has 22 heavy (non-hydrogen) atoms. The Labute approximate surface area is 130 Å². The van der Waals surface area contributed by atoms with Crippen molar-refractivity contribution in [3.05, 3.63) is 23.9 Å². The lowest BCUT2D eigenvalue weighted by atomic mass is 9.97. The molecule has 1 atom stereocenters. The standard InChI is InChI=1S/C16H22N2O4/c1-3-21-14-13(8-5-9-17-14)15(19)18-10-6-7-12(11-18)16(20)22-4-2/h5,8-9,12H,3-4,6-7,10-11H2,1-2H3. The third kappa shape index (κ3) is 3.75. The van der Waals surface area contributed by atoms with Gasteiger partial charge in [0, 0.05) is 19.3 Å². The minimum Gasteiger partial charge on any atom is -0.477 e. The predicted octanol–water partition coefficient (Wildman–Crippen LogP) is 1.90. The largest absolute Gasteiger partial charge is 0.477 e. The lowest BCUT2D eigenvalue weighted by molar-refractivity contribution is -0.149. The van der Waals surface area contributed by atoms with Gasteiger partial charge in [-0.3, -0.25) is 9.59 Å². The quantitative estimate of drug-likeness (QED) is 0.777. The van der Waals surface area contributed by atoms with E-state index in [0.717, 1.165) is 12.8 Å². The summed E-state index contributed by atoms with van der Waals surface area (Å²) in [4.78, 5) is 30.3. The van der Waals surface area contributed by atoms with E-state index < -0.39 is 0 Å². The highest BCUT2D eigenvalue weighted by Gasteiger charge is 2.30. The number of piperidine rings is 1. The Morgan fingerprint density at radius 1 is 1.36 bits per heavy atom. The molecule has 1 unspecified atom stereocenters. The molecule has 6 heteroatoms. The lowest BCUT2D eigenvalue weighted by Gasteiger charge is -2.31. The van der Waals surface area contributed by atoms with E-state index in [0.29, 0.717) is 37.7 Å². The van der Waals surface area contributed by atoms with Crippen LogP contribution in [0.25, 0.3) is 0 Å². The molecule has 1 amide bonds. The van der Waals surface area contributed by atoms with Crippen LogP contribution in [0, 0.1) is 5.92 Å². The zero-order chi connectivity index (χ0) is 15.9. The Balaban J connectivity index is 2.10. The first-order chi connectivity index (χ1) is 10.7. The summed E-state index contributed by atoms with van der Waals surface area (Å²) in [7, 11) is 0. The van der Waals surface area contributed by atoms with Crippen LogP contribution in [-0.2, 0) is 9.53 Å². The highest BCUT2D eigenvalue weighted by Crippen LogP contribution is 2.23. The number of hydrogen-bond acceptors (Lipinski definition) is 5. The van der Waals surface area contributed by atoms with Crippen molar-refractivity contribution in [2.75, 3.05) is 26.3 Å². The number of pyridine rings is 1. The molecule has 0 aliphatic carbocycles. The van der Waals surface area contributed by atoms with Crippen molar-refractivity contribution in [2.24, 2.45) is 5.92 Å². The first-order valence-corrected chi connectivity index (χ1v) is 7.71. The number of hydrogen-bond donors (Lipinski definition) is 0. The van der Waals surface area contributed by atoms with Gasteiger partial charge in [-0.2, -0.15) is 0 Å². The molecule has 2 heterocycles. The fraction of sp³-hybridized carbons (Fsp3) is 0.562. The summed E-state index contributed by atoms with van der Waals surface area (Å²) in [6, 6.07) is 3.41. The Kier molecular flexibility index (Phi) is 5.75. The highest BCUT2D eigenvalue weighted by molar-refractivity contribution is 5.96. The van der Waals surface area contributed by atoms with Gasteiger partial charge in [0.1, 0.15) is 5.56 Å². The topological polar surface area (TPSA) is 68.7 Å². The van der Waals surface area contributed by atoms with Gasteiger partial charge in [0.05, 0.1) is 19.1 Å². The summed E-state index contributed by atoms with van der Waals surface area (Å²) in [5, 5.41) is 0.